The van der Waals surface area contributed by atoms with E-state index in [4.69, 9.17) is 9.47 Å². The Bertz CT molecular complexity index is 1310. The average Bonchev–Trinajstić information content (AvgIpc) is 3.26. The molecule has 0 saturated carbocycles. The van der Waals surface area contributed by atoms with Gasteiger partial charge in [-0.05, 0) is 36.4 Å². The number of aromatic nitrogens is 3. The van der Waals surface area contributed by atoms with Crippen LogP contribution in [0, 0.1) is 0 Å². The van der Waals surface area contributed by atoms with Crippen molar-refractivity contribution in [3.8, 4) is 17.2 Å². The molecule has 2 N–H and O–H groups in total. The van der Waals surface area contributed by atoms with Gasteiger partial charge in [-0.3, -0.25) is 20.2 Å². The first kappa shape index (κ1) is 20.3. The van der Waals surface area contributed by atoms with Crippen molar-refractivity contribution < 1.29 is 19.1 Å². The summed E-state index contributed by atoms with van der Waals surface area (Å²) in [5, 5.41) is 9.84. The number of nitrogens with one attached hydrogen (secondary N) is 2. The molecule has 5 rings (SSSR count). The van der Waals surface area contributed by atoms with Crippen molar-refractivity contribution in [2.75, 3.05) is 23.8 Å². The molecule has 0 atom stereocenters. The number of amides is 2. The molecule has 0 radical (unpaired) electrons. The van der Waals surface area contributed by atoms with Crippen LogP contribution in [0.1, 0.15) is 20.7 Å². The summed E-state index contributed by atoms with van der Waals surface area (Å²) >= 11 is 0. The molecule has 3 aromatic carbocycles. The molecule has 2 heterocycles. The predicted molar refractivity (Wildman–Crippen MR) is 121 cm³/mol. The van der Waals surface area contributed by atoms with Crippen LogP contribution in [-0.2, 0) is 0 Å². The molecule has 1 aliphatic heterocycles. The summed E-state index contributed by atoms with van der Waals surface area (Å²) < 4.78 is 12.7. The fraction of sp³-hybridized carbons (Fsp3) is 0.0833. The lowest BCUT2D eigenvalue weighted by Crippen LogP contribution is -2.17. The van der Waals surface area contributed by atoms with E-state index in [1.807, 2.05) is 12.1 Å². The molecule has 9 nitrogen and oxygen atoms in total. The van der Waals surface area contributed by atoms with Crippen molar-refractivity contribution in [1.82, 2.24) is 14.8 Å². The van der Waals surface area contributed by atoms with E-state index in [9.17, 15) is 9.59 Å². The Labute approximate surface area is 189 Å². The summed E-state index contributed by atoms with van der Waals surface area (Å²) in [5.74, 6) is 0.645. The molecular formula is C24H19N5O4. The molecule has 9 heteroatoms. The van der Waals surface area contributed by atoms with Crippen LogP contribution in [0.3, 0.4) is 0 Å². The lowest BCUT2D eigenvalue weighted by atomic mass is 10.2. The van der Waals surface area contributed by atoms with Gasteiger partial charge in [-0.15, -0.1) is 5.10 Å². The maximum atomic E-state index is 12.8. The van der Waals surface area contributed by atoms with Gasteiger partial charge in [-0.25, -0.2) is 0 Å². The standard InChI is InChI=1S/C24H19N5O4/c30-21(16-7-3-1-4-8-16)25-23-27-24(26-22(31)17-9-5-2-6-10-17)29(28-23)18-11-12-19-20(15-18)33-14-13-32-19/h1-12,15H,13-14H2,(H2,25,26,27,28,30,31). The predicted octanol–water partition coefficient (Wildman–Crippen LogP) is 3.54. The van der Waals surface area contributed by atoms with Crippen LogP contribution in [0.4, 0.5) is 11.9 Å². The maximum Gasteiger partial charge on any atom is 0.258 e. The van der Waals surface area contributed by atoms with Crippen molar-refractivity contribution >= 4 is 23.7 Å². The fourth-order valence-corrected chi connectivity index (χ4v) is 3.32. The Balaban J connectivity index is 1.49. The number of benzene rings is 3. The zero-order valence-electron chi connectivity index (χ0n) is 17.4. The van der Waals surface area contributed by atoms with Gasteiger partial charge in [0.2, 0.25) is 5.95 Å². The monoisotopic (exact) mass is 441 g/mol. The van der Waals surface area contributed by atoms with Crippen LogP contribution >= 0.6 is 0 Å². The Morgan fingerprint density at radius 1 is 0.758 bits per heavy atom. The highest BCUT2D eigenvalue weighted by molar-refractivity contribution is 6.04. The van der Waals surface area contributed by atoms with Crippen LogP contribution in [0.5, 0.6) is 11.5 Å². The van der Waals surface area contributed by atoms with Gasteiger partial charge < -0.3 is 9.47 Å². The topological polar surface area (TPSA) is 107 Å². The second-order valence-corrected chi connectivity index (χ2v) is 7.14. The second-order valence-electron chi connectivity index (χ2n) is 7.14. The van der Waals surface area contributed by atoms with Crippen molar-refractivity contribution in [3.63, 3.8) is 0 Å². The number of ether oxygens (including phenoxy) is 2. The molecule has 4 aromatic rings. The second kappa shape index (κ2) is 8.83. The Morgan fingerprint density at radius 3 is 2.03 bits per heavy atom. The lowest BCUT2D eigenvalue weighted by Gasteiger charge is -2.19. The molecule has 0 aliphatic carbocycles. The van der Waals surface area contributed by atoms with E-state index in [1.54, 1.807) is 66.7 Å². The van der Waals surface area contributed by atoms with Gasteiger partial charge in [0.25, 0.3) is 17.8 Å². The first-order valence-corrected chi connectivity index (χ1v) is 10.3. The maximum absolute atomic E-state index is 12.8. The molecular weight excluding hydrogens is 422 g/mol. The summed E-state index contributed by atoms with van der Waals surface area (Å²) in [4.78, 5) is 29.7. The number of carbonyl (C=O) groups is 2. The highest BCUT2D eigenvalue weighted by Gasteiger charge is 2.19. The fourth-order valence-electron chi connectivity index (χ4n) is 3.32. The van der Waals surface area contributed by atoms with Gasteiger partial charge >= 0.3 is 0 Å². The molecule has 0 bridgehead atoms. The van der Waals surface area contributed by atoms with Crippen molar-refractivity contribution in [3.05, 3.63) is 90.0 Å². The zero-order chi connectivity index (χ0) is 22.6. The van der Waals surface area contributed by atoms with Crippen molar-refractivity contribution in [2.45, 2.75) is 0 Å². The van der Waals surface area contributed by atoms with E-state index >= 15 is 0 Å². The number of hydrogen-bond acceptors (Lipinski definition) is 6. The number of anilines is 2. The Kier molecular flexibility index (Phi) is 5.42. The minimum Gasteiger partial charge on any atom is -0.486 e. The third-order valence-electron chi connectivity index (χ3n) is 4.90. The van der Waals surface area contributed by atoms with Gasteiger partial charge in [0.1, 0.15) is 13.2 Å². The van der Waals surface area contributed by atoms with Crippen LogP contribution in [-0.4, -0.2) is 39.8 Å². The number of hydrogen-bond donors (Lipinski definition) is 2. The van der Waals surface area contributed by atoms with E-state index < -0.39 is 0 Å². The minimum absolute atomic E-state index is 0.0436. The lowest BCUT2D eigenvalue weighted by molar-refractivity contribution is 0.101. The summed E-state index contributed by atoms with van der Waals surface area (Å²) in [6.45, 7) is 0.910. The SMILES string of the molecule is O=C(Nc1nc(NC(=O)c2ccccc2)n(-c2ccc3c(c2)OCCO3)n1)c1ccccc1. The van der Waals surface area contributed by atoms with Gasteiger partial charge in [0.05, 0.1) is 5.69 Å². The van der Waals surface area contributed by atoms with E-state index in [2.05, 4.69) is 20.7 Å². The van der Waals surface area contributed by atoms with Crippen molar-refractivity contribution in [1.29, 1.82) is 0 Å². The first-order chi connectivity index (χ1) is 16.2. The largest absolute Gasteiger partial charge is 0.486 e. The van der Waals surface area contributed by atoms with E-state index in [0.717, 1.165) is 0 Å². The van der Waals surface area contributed by atoms with Crippen LogP contribution in [0.2, 0.25) is 0 Å². The highest BCUT2D eigenvalue weighted by Crippen LogP contribution is 2.32. The number of rotatable bonds is 5. The third-order valence-corrected chi connectivity index (χ3v) is 4.90. The average molecular weight is 441 g/mol. The molecule has 2 amide bonds. The Hall–Kier alpha value is -4.66. The summed E-state index contributed by atoms with van der Waals surface area (Å²) in [6, 6.07) is 22.7. The van der Waals surface area contributed by atoms with Crippen LogP contribution < -0.4 is 20.1 Å². The van der Waals surface area contributed by atoms with E-state index in [0.29, 0.717) is 41.5 Å². The summed E-state index contributed by atoms with van der Waals surface area (Å²) in [7, 11) is 0. The summed E-state index contributed by atoms with van der Waals surface area (Å²) in [6.07, 6.45) is 0. The number of fused-ring (bicyclic) bond motifs is 1. The van der Waals surface area contributed by atoms with Gasteiger partial charge in [-0.1, -0.05) is 36.4 Å². The molecule has 164 valence electrons. The summed E-state index contributed by atoms with van der Waals surface area (Å²) in [5.41, 5.74) is 1.50. The third kappa shape index (κ3) is 4.38. The molecule has 0 spiro atoms. The van der Waals surface area contributed by atoms with E-state index in [-0.39, 0.29) is 23.7 Å². The van der Waals surface area contributed by atoms with Gasteiger partial charge in [0, 0.05) is 17.2 Å². The minimum atomic E-state index is -0.365. The molecule has 1 aromatic heterocycles. The molecule has 33 heavy (non-hydrogen) atoms. The number of carbonyl (C=O) groups excluding carboxylic acids is 2. The quantitative estimate of drug-likeness (QED) is 0.491. The number of nitrogens with zero attached hydrogens (tertiary/aromatic N) is 3. The van der Waals surface area contributed by atoms with Gasteiger partial charge in [-0.2, -0.15) is 9.67 Å². The van der Waals surface area contributed by atoms with E-state index in [1.165, 1.54) is 4.68 Å². The zero-order valence-corrected chi connectivity index (χ0v) is 17.4. The van der Waals surface area contributed by atoms with Gasteiger partial charge in [0.15, 0.2) is 11.5 Å². The normalized spacial score (nSPS) is 12.1. The molecule has 1 aliphatic rings. The molecule has 0 unspecified atom stereocenters. The smallest absolute Gasteiger partial charge is 0.258 e. The van der Waals surface area contributed by atoms with Crippen LogP contribution in [0.25, 0.3) is 5.69 Å². The highest BCUT2D eigenvalue weighted by atomic mass is 16.6. The molecule has 0 saturated heterocycles. The first-order valence-electron chi connectivity index (χ1n) is 10.3. The Morgan fingerprint density at radius 2 is 1.36 bits per heavy atom. The molecule has 0 fully saturated rings. The van der Waals surface area contributed by atoms with Crippen LogP contribution in [0.15, 0.2) is 78.9 Å². The van der Waals surface area contributed by atoms with Crippen molar-refractivity contribution in [2.24, 2.45) is 0 Å².